The highest BCUT2D eigenvalue weighted by atomic mass is 79.9. The van der Waals surface area contributed by atoms with Crippen molar-refractivity contribution >= 4 is 27.3 Å². The van der Waals surface area contributed by atoms with Gasteiger partial charge in [-0.25, -0.2) is 0 Å². The van der Waals surface area contributed by atoms with Crippen molar-refractivity contribution in [3.05, 3.63) is 20.3 Å². The summed E-state index contributed by atoms with van der Waals surface area (Å²) >= 11 is 5.52. The van der Waals surface area contributed by atoms with Crippen molar-refractivity contribution in [3.8, 4) is 0 Å². The quantitative estimate of drug-likeness (QED) is 0.885. The summed E-state index contributed by atoms with van der Waals surface area (Å²) in [5.74, 6) is 0. The van der Waals surface area contributed by atoms with E-state index in [1.807, 2.05) is 11.3 Å². The normalized spacial score (nSPS) is 26.6. The summed E-state index contributed by atoms with van der Waals surface area (Å²) in [4.78, 5) is 5.35. The van der Waals surface area contributed by atoms with Gasteiger partial charge in [0.25, 0.3) is 0 Å². The van der Waals surface area contributed by atoms with Crippen LogP contribution >= 0.6 is 27.3 Å². The number of thiophene rings is 1. The van der Waals surface area contributed by atoms with Gasteiger partial charge in [-0.3, -0.25) is 4.90 Å². The molecule has 18 heavy (non-hydrogen) atoms. The predicted molar refractivity (Wildman–Crippen MR) is 83.2 cm³/mol. The highest BCUT2D eigenvalue weighted by Gasteiger charge is 2.31. The molecular formula is C14H23BrN2S. The van der Waals surface area contributed by atoms with Gasteiger partial charge >= 0.3 is 0 Å². The summed E-state index contributed by atoms with van der Waals surface area (Å²) < 4.78 is 1.22. The minimum atomic E-state index is 0.264. The van der Waals surface area contributed by atoms with Gasteiger partial charge in [-0.15, -0.1) is 11.3 Å². The Hall–Kier alpha value is 0.100. The predicted octanol–water partition coefficient (Wildman–Crippen LogP) is 4.08. The number of nitrogens with zero attached hydrogens (tertiary/aromatic N) is 1. The Kier molecular flexibility index (Phi) is 4.86. The number of hydrogen-bond acceptors (Lipinski definition) is 3. The molecule has 2 heterocycles. The van der Waals surface area contributed by atoms with Gasteiger partial charge in [-0.1, -0.05) is 6.42 Å². The molecule has 2 unspecified atom stereocenters. The summed E-state index contributed by atoms with van der Waals surface area (Å²) in [6.45, 7) is 7.89. The van der Waals surface area contributed by atoms with Crippen LogP contribution in [0.3, 0.4) is 0 Å². The number of hydrogen-bond donors (Lipinski definition) is 1. The first-order chi connectivity index (χ1) is 8.50. The molecule has 2 atom stereocenters. The summed E-state index contributed by atoms with van der Waals surface area (Å²) in [6.07, 6.45) is 3.67. The Morgan fingerprint density at radius 2 is 2.17 bits per heavy atom. The molecule has 1 aliphatic heterocycles. The molecule has 0 spiro atoms. The Labute approximate surface area is 123 Å². The number of halogens is 1. The van der Waals surface area contributed by atoms with E-state index >= 15 is 0 Å². The van der Waals surface area contributed by atoms with E-state index in [0.717, 1.165) is 6.42 Å². The van der Waals surface area contributed by atoms with Gasteiger partial charge in [0.15, 0.2) is 0 Å². The van der Waals surface area contributed by atoms with Crippen molar-refractivity contribution in [1.82, 2.24) is 4.90 Å². The highest BCUT2D eigenvalue weighted by molar-refractivity contribution is 9.10. The monoisotopic (exact) mass is 330 g/mol. The van der Waals surface area contributed by atoms with E-state index in [2.05, 4.69) is 47.7 Å². The fraction of sp³-hybridized carbons (Fsp3) is 0.714. The molecule has 2 N–H and O–H groups in total. The first-order valence-electron chi connectivity index (χ1n) is 6.78. The molecule has 0 radical (unpaired) electrons. The lowest BCUT2D eigenvalue weighted by atomic mass is 10.0. The Bertz CT molecular complexity index is 383. The van der Waals surface area contributed by atoms with E-state index in [-0.39, 0.29) is 6.04 Å². The van der Waals surface area contributed by atoms with Crippen molar-refractivity contribution in [3.63, 3.8) is 0 Å². The molecule has 0 aliphatic carbocycles. The molecule has 1 aromatic rings. The lowest BCUT2D eigenvalue weighted by Gasteiger charge is -2.35. The third kappa shape index (κ3) is 2.98. The molecule has 2 nitrogen and oxygen atoms in total. The average Bonchev–Trinajstić information content (AvgIpc) is 2.51. The molecule has 0 saturated carbocycles. The summed E-state index contributed by atoms with van der Waals surface area (Å²) in [6, 6.07) is 3.48. The van der Waals surface area contributed by atoms with Gasteiger partial charge in [-0.2, -0.15) is 0 Å². The van der Waals surface area contributed by atoms with Crippen LogP contribution in [0.15, 0.2) is 10.5 Å². The Balaban J connectivity index is 2.34. The van der Waals surface area contributed by atoms with Crippen LogP contribution in [0, 0.1) is 6.92 Å². The summed E-state index contributed by atoms with van der Waals surface area (Å²) in [7, 11) is 0. The second-order valence-electron chi connectivity index (χ2n) is 5.49. The van der Waals surface area contributed by atoms with Crippen LogP contribution in [-0.4, -0.2) is 23.5 Å². The number of likely N-dealkylation sites (tertiary alicyclic amines) is 1. The molecule has 0 bridgehead atoms. The van der Waals surface area contributed by atoms with Gasteiger partial charge in [0.1, 0.15) is 0 Å². The van der Waals surface area contributed by atoms with Crippen LogP contribution in [0.25, 0.3) is 0 Å². The molecule has 1 aliphatic rings. The molecule has 2 rings (SSSR count). The minimum absolute atomic E-state index is 0.264. The maximum Gasteiger partial charge on any atom is 0.0596 e. The van der Waals surface area contributed by atoms with E-state index in [1.54, 1.807) is 0 Å². The van der Waals surface area contributed by atoms with E-state index in [0.29, 0.717) is 12.1 Å². The molecule has 1 saturated heterocycles. The second-order valence-corrected chi connectivity index (χ2v) is 7.63. The van der Waals surface area contributed by atoms with Crippen molar-refractivity contribution in [2.24, 2.45) is 5.73 Å². The zero-order chi connectivity index (χ0) is 13.3. The number of nitrogens with two attached hydrogens (primary N) is 1. The fourth-order valence-corrected chi connectivity index (χ4v) is 4.56. The number of rotatable bonds is 2. The smallest absolute Gasteiger partial charge is 0.0596 e. The average molecular weight is 331 g/mol. The molecule has 4 heteroatoms. The SMILES string of the molecule is Cc1sc(C2C(N)CCCCN2C(C)C)cc1Br. The first-order valence-corrected chi connectivity index (χ1v) is 8.38. The van der Waals surface area contributed by atoms with Crippen LogP contribution in [0.1, 0.15) is 48.9 Å². The van der Waals surface area contributed by atoms with E-state index < -0.39 is 0 Å². The third-order valence-electron chi connectivity index (χ3n) is 3.80. The van der Waals surface area contributed by atoms with Gasteiger partial charge < -0.3 is 5.73 Å². The lowest BCUT2D eigenvalue weighted by Crippen LogP contribution is -2.42. The van der Waals surface area contributed by atoms with Crippen LogP contribution in [0.5, 0.6) is 0 Å². The van der Waals surface area contributed by atoms with Gasteiger partial charge in [0.05, 0.1) is 6.04 Å². The van der Waals surface area contributed by atoms with Crippen LogP contribution < -0.4 is 5.73 Å². The van der Waals surface area contributed by atoms with E-state index in [4.69, 9.17) is 5.73 Å². The van der Waals surface area contributed by atoms with Crippen molar-refractivity contribution in [1.29, 1.82) is 0 Å². The molecular weight excluding hydrogens is 308 g/mol. The zero-order valence-corrected chi connectivity index (χ0v) is 13.9. The zero-order valence-electron chi connectivity index (χ0n) is 11.4. The number of aryl methyl sites for hydroxylation is 1. The maximum atomic E-state index is 6.45. The standard InChI is InChI=1S/C14H23BrN2S/c1-9(2)17-7-5-4-6-12(16)14(17)13-8-11(15)10(3)18-13/h8-9,12,14H,4-7,16H2,1-3H3. The third-order valence-corrected chi connectivity index (χ3v) is 6.00. The summed E-state index contributed by atoms with van der Waals surface area (Å²) in [5, 5.41) is 0. The molecule has 0 amide bonds. The highest BCUT2D eigenvalue weighted by Crippen LogP contribution is 2.38. The molecule has 0 aromatic carbocycles. The first kappa shape index (κ1) is 14.5. The van der Waals surface area contributed by atoms with E-state index in [9.17, 15) is 0 Å². The Morgan fingerprint density at radius 3 is 2.72 bits per heavy atom. The van der Waals surface area contributed by atoms with Crippen LogP contribution in [-0.2, 0) is 0 Å². The summed E-state index contributed by atoms with van der Waals surface area (Å²) in [5.41, 5.74) is 6.45. The van der Waals surface area contributed by atoms with Crippen LogP contribution in [0.4, 0.5) is 0 Å². The van der Waals surface area contributed by atoms with Crippen molar-refractivity contribution in [2.45, 2.75) is 58.2 Å². The van der Waals surface area contributed by atoms with Crippen LogP contribution in [0.2, 0.25) is 0 Å². The van der Waals surface area contributed by atoms with E-state index in [1.165, 1.54) is 33.6 Å². The lowest BCUT2D eigenvalue weighted by molar-refractivity contribution is 0.146. The molecule has 1 aromatic heterocycles. The van der Waals surface area contributed by atoms with Gasteiger partial charge in [0, 0.05) is 26.3 Å². The largest absolute Gasteiger partial charge is 0.326 e. The minimum Gasteiger partial charge on any atom is -0.326 e. The molecule has 102 valence electrons. The fourth-order valence-electron chi connectivity index (χ4n) is 2.80. The van der Waals surface area contributed by atoms with Gasteiger partial charge in [0.2, 0.25) is 0 Å². The Morgan fingerprint density at radius 1 is 1.44 bits per heavy atom. The molecule has 1 fully saturated rings. The topological polar surface area (TPSA) is 29.3 Å². The second kappa shape index (κ2) is 6.04. The maximum absolute atomic E-state index is 6.45. The van der Waals surface area contributed by atoms with Gasteiger partial charge in [-0.05, 0) is 62.2 Å². The van der Waals surface area contributed by atoms with Crippen molar-refractivity contribution < 1.29 is 0 Å². The van der Waals surface area contributed by atoms with Crippen molar-refractivity contribution in [2.75, 3.05) is 6.54 Å².